The fraction of sp³-hybridized carbons (Fsp3) is 0.188. The molecule has 3 rings (SSSR count). The Morgan fingerprint density at radius 3 is 2.70 bits per heavy atom. The van der Waals surface area contributed by atoms with E-state index in [4.69, 9.17) is 0 Å². The Bertz CT molecular complexity index is 941. The molecule has 2 N–H and O–H groups in total. The molecule has 2 heterocycles. The number of aryl methyl sites for hydroxylation is 2. The van der Waals surface area contributed by atoms with Crippen LogP contribution in [0.25, 0.3) is 5.65 Å². The van der Waals surface area contributed by atoms with Gasteiger partial charge in [-0.1, -0.05) is 0 Å². The van der Waals surface area contributed by atoms with Gasteiger partial charge in [0.2, 0.25) is 5.91 Å². The molecule has 0 bridgehead atoms. The van der Waals surface area contributed by atoms with E-state index in [9.17, 15) is 9.59 Å². The van der Waals surface area contributed by atoms with E-state index >= 15 is 0 Å². The van der Waals surface area contributed by atoms with E-state index in [-0.39, 0.29) is 17.9 Å². The number of aromatic nitrogens is 3. The summed E-state index contributed by atoms with van der Waals surface area (Å²) in [5.74, 6) is -0.118. The molecule has 2 aromatic heterocycles. The number of halogens is 1. The Morgan fingerprint density at radius 2 is 2.00 bits per heavy atom. The predicted molar refractivity (Wildman–Crippen MR) is 96.8 cm³/mol. The molecule has 0 saturated heterocycles. The predicted octanol–water partition coefficient (Wildman–Crippen LogP) is 2.43. The van der Waals surface area contributed by atoms with Gasteiger partial charge >= 0.3 is 0 Å². The summed E-state index contributed by atoms with van der Waals surface area (Å²) >= 11 is 2.21. The average molecular weight is 422 g/mol. The van der Waals surface area contributed by atoms with Gasteiger partial charge in [-0.15, -0.1) is 0 Å². The molecule has 0 atom stereocenters. The minimum atomic E-state index is -0.208. The second kappa shape index (κ2) is 6.15. The van der Waals surface area contributed by atoms with Crippen LogP contribution in [0.1, 0.15) is 17.0 Å². The van der Waals surface area contributed by atoms with E-state index in [2.05, 4.69) is 38.0 Å². The highest BCUT2D eigenvalue weighted by Crippen LogP contribution is 2.16. The fourth-order valence-electron chi connectivity index (χ4n) is 2.51. The quantitative estimate of drug-likeness (QED) is 0.637. The lowest BCUT2D eigenvalue weighted by atomic mass is 10.1. The van der Waals surface area contributed by atoms with E-state index in [1.807, 2.05) is 38.1 Å². The van der Waals surface area contributed by atoms with E-state index in [1.165, 1.54) is 6.07 Å². The first kappa shape index (κ1) is 15.7. The maximum Gasteiger partial charge on any atom is 0.266 e. The van der Waals surface area contributed by atoms with Gasteiger partial charge < -0.3 is 5.32 Å². The van der Waals surface area contributed by atoms with Gasteiger partial charge in [-0.05, 0) is 60.7 Å². The average Bonchev–Trinajstić information content (AvgIpc) is 2.86. The Hall–Kier alpha value is -2.16. The maximum atomic E-state index is 12.3. The fourth-order valence-corrected chi connectivity index (χ4v) is 2.87. The number of anilines is 1. The van der Waals surface area contributed by atoms with Gasteiger partial charge in [-0.2, -0.15) is 0 Å². The Labute approximate surface area is 146 Å². The molecule has 23 heavy (non-hydrogen) atoms. The van der Waals surface area contributed by atoms with Crippen LogP contribution in [0.3, 0.4) is 0 Å². The minimum Gasteiger partial charge on any atom is -0.326 e. The van der Waals surface area contributed by atoms with Crippen LogP contribution < -0.4 is 10.9 Å². The summed E-state index contributed by atoms with van der Waals surface area (Å²) in [5.41, 5.74) is 3.49. The number of benzene rings is 1. The van der Waals surface area contributed by atoms with Gasteiger partial charge in [0, 0.05) is 32.3 Å². The van der Waals surface area contributed by atoms with Gasteiger partial charge in [0.15, 0.2) is 5.65 Å². The first-order valence-electron chi connectivity index (χ1n) is 7.07. The third-order valence-corrected chi connectivity index (χ3v) is 4.39. The summed E-state index contributed by atoms with van der Waals surface area (Å²) < 4.78 is 2.72. The number of amides is 1. The van der Waals surface area contributed by atoms with E-state index < -0.39 is 0 Å². The zero-order chi connectivity index (χ0) is 16.6. The lowest BCUT2D eigenvalue weighted by Gasteiger charge is -2.11. The molecule has 6 nitrogen and oxygen atoms in total. The third kappa shape index (κ3) is 3.29. The van der Waals surface area contributed by atoms with Crippen LogP contribution in [0.2, 0.25) is 0 Å². The molecule has 0 aliphatic rings. The molecule has 0 spiro atoms. The summed E-state index contributed by atoms with van der Waals surface area (Å²) in [6.45, 7) is 3.71. The van der Waals surface area contributed by atoms with Crippen LogP contribution in [0.4, 0.5) is 5.69 Å². The summed E-state index contributed by atoms with van der Waals surface area (Å²) in [6.07, 6.45) is 0.201. The molecule has 7 heteroatoms. The van der Waals surface area contributed by atoms with Crippen molar-refractivity contribution in [3.63, 3.8) is 0 Å². The molecular formula is C16H15IN4O2. The molecule has 3 aromatic rings. The number of carbonyl (C=O) groups is 1. The van der Waals surface area contributed by atoms with Crippen LogP contribution in [0.5, 0.6) is 0 Å². The highest BCUT2D eigenvalue weighted by atomic mass is 127. The molecule has 0 fully saturated rings. The first-order valence-corrected chi connectivity index (χ1v) is 8.15. The smallest absolute Gasteiger partial charge is 0.266 e. The molecule has 0 saturated carbocycles. The number of nitrogens with zero attached hydrogens (tertiary/aromatic N) is 2. The van der Waals surface area contributed by atoms with Gasteiger partial charge in [0.05, 0.1) is 6.42 Å². The number of hydrogen-bond donors (Lipinski definition) is 2. The van der Waals surface area contributed by atoms with Gasteiger partial charge in [0.25, 0.3) is 5.56 Å². The molecule has 1 amide bonds. The Kier molecular flexibility index (Phi) is 4.20. The number of carbonyl (C=O) groups excluding carboxylic acids is 1. The summed E-state index contributed by atoms with van der Waals surface area (Å²) in [4.78, 5) is 28.1. The lowest BCUT2D eigenvalue weighted by Crippen LogP contribution is -2.17. The van der Waals surface area contributed by atoms with Crippen LogP contribution in [-0.4, -0.2) is 20.5 Å². The SMILES string of the molecule is Cc1nc2cc(=O)[nH]n2c(C)c1CC(=O)Nc1ccc(I)cc1. The number of H-pyrrole nitrogens is 1. The van der Waals surface area contributed by atoms with Crippen molar-refractivity contribution in [3.05, 3.63) is 61.2 Å². The lowest BCUT2D eigenvalue weighted by molar-refractivity contribution is -0.115. The van der Waals surface area contributed by atoms with Crippen molar-refractivity contribution in [1.82, 2.24) is 14.6 Å². The topological polar surface area (TPSA) is 79.3 Å². The second-order valence-electron chi connectivity index (χ2n) is 5.31. The summed E-state index contributed by atoms with van der Waals surface area (Å²) in [5, 5.41) is 5.56. The molecule has 118 valence electrons. The minimum absolute atomic E-state index is 0.118. The Balaban J connectivity index is 1.87. The van der Waals surface area contributed by atoms with Crippen LogP contribution in [0, 0.1) is 17.4 Å². The van der Waals surface area contributed by atoms with Crippen molar-refractivity contribution in [2.24, 2.45) is 0 Å². The van der Waals surface area contributed by atoms with Crippen molar-refractivity contribution < 1.29 is 4.79 Å². The molecule has 0 unspecified atom stereocenters. The second-order valence-corrected chi connectivity index (χ2v) is 6.55. The molecule has 0 radical (unpaired) electrons. The number of hydrogen-bond acceptors (Lipinski definition) is 3. The zero-order valence-corrected chi connectivity index (χ0v) is 14.8. The van der Waals surface area contributed by atoms with Crippen molar-refractivity contribution in [3.8, 4) is 0 Å². The van der Waals surface area contributed by atoms with E-state index in [0.717, 1.165) is 26.2 Å². The van der Waals surface area contributed by atoms with Crippen molar-refractivity contribution >= 4 is 39.8 Å². The number of fused-ring (bicyclic) bond motifs is 1. The molecule has 0 aliphatic carbocycles. The monoisotopic (exact) mass is 422 g/mol. The molecule has 1 aromatic carbocycles. The van der Waals surface area contributed by atoms with Crippen LogP contribution >= 0.6 is 22.6 Å². The molecule has 0 aliphatic heterocycles. The van der Waals surface area contributed by atoms with Crippen molar-refractivity contribution in [2.75, 3.05) is 5.32 Å². The highest BCUT2D eigenvalue weighted by molar-refractivity contribution is 14.1. The van der Waals surface area contributed by atoms with Gasteiger partial charge in [-0.25, -0.2) is 9.50 Å². The summed E-state index contributed by atoms with van der Waals surface area (Å²) in [7, 11) is 0. The number of rotatable bonds is 3. The standard InChI is InChI=1S/C16H15IN4O2/c1-9-13(10(2)21-14(18-9)8-16(23)20-21)7-15(22)19-12-5-3-11(17)4-6-12/h3-6,8H,7H2,1-2H3,(H,19,22)(H,20,23). The third-order valence-electron chi connectivity index (χ3n) is 3.67. The number of nitrogens with one attached hydrogen (secondary N) is 2. The van der Waals surface area contributed by atoms with E-state index in [1.54, 1.807) is 4.52 Å². The maximum absolute atomic E-state index is 12.3. The van der Waals surface area contributed by atoms with Crippen LogP contribution in [-0.2, 0) is 11.2 Å². The van der Waals surface area contributed by atoms with Crippen molar-refractivity contribution in [1.29, 1.82) is 0 Å². The van der Waals surface area contributed by atoms with Gasteiger partial charge in [-0.3, -0.25) is 14.7 Å². The van der Waals surface area contributed by atoms with Crippen LogP contribution in [0.15, 0.2) is 35.1 Å². The zero-order valence-electron chi connectivity index (χ0n) is 12.7. The van der Waals surface area contributed by atoms with Crippen molar-refractivity contribution in [2.45, 2.75) is 20.3 Å². The summed E-state index contributed by atoms with van der Waals surface area (Å²) in [6, 6.07) is 9.04. The largest absolute Gasteiger partial charge is 0.326 e. The van der Waals surface area contributed by atoms with Gasteiger partial charge in [0.1, 0.15) is 0 Å². The molecular weight excluding hydrogens is 407 g/mol. The van der Waals surface area contributed by atoms with E-state index in [0.29, 0.717) is 5.65 Å². The highest BCUT2D eigenvalue weighted by Gasteiger charge is 2.14. The number of aromatic amines is 1. The Morgan fingerprint density at radius 1 is 1.30 bits per heavy atom. The normalized spacial score (nSPS) is 10.9. The first-order chi connectivity index (χ1) is 10.9.